The molecule has 3 aromatic rings. The molecule has 2 N–H and O–H groups in total. The predicted molar refractivity (Wildman–Crippen MR) is 109 cm³/mol. The number of nitrogens with one attached hydrogen (secondary N) is 2. The van der Waals surface area contributed by atoms with Crippen molar-refractivity contribution in [1.29, 1.82) is 0 Å². The van der Waals surface area contributed by atoms with Gasteiger partial charge in [0.1, 0.15) is 0 Å². The monoisotopic (exact) mass is 411 g/mol. The summed E-state index contributed by atoms with van der Waals surface area (Å²) in [5, 5.41) is 5.40. The van der Waals surface area contributed by atoms with E-state index in [0.29, 0.717) is 18.2 Å². The molecule has 1 aromatic heterocycles. The number of carbonyl (C=O) groups excluding carboxylic acids is 1. The van der Waals surface area contributed by atoms with E-state index >= 15 is 0 Å². The van der Waals surface area contributed by atoms with Crippen LogP contribution < -0.4 is 10.6 Å². The molecule has 2 aromatic carbocycles. The summed E-state index contributed by atoms with van der Waals surface area (Å²) >= 11 is 0. The van der Waals surface area contributed by atoms with Crippen LogP contribution in [0.3, 0.4) is 0 Å². The second-order valence-electron chi connectivity index (χ2n) is 7.33. The van der Waals surface area contributed by atoms with E-state index in [9.17, 15) is 18.0 Å². The molecule has 0 saturated heterocycles. The number of halogens is 3. The first-order valence-electron chi connectivity index (χ1n) is 9.62. The number of aromatic nitrogens is 1. The molecular weight excluding hydrogens is 391 g/mol. The molecule has 4 rings (SSSR count). The van der Waals surface area contributed by atoms with Crippen LogP contribution in [0.2, 0.25) is 0 Å². The second-order valence-corrected chi connectivity index (χ2v) is 7.33. The lowest BCUT2D eigenvalue weighted by Crippen LogP contribution is -2.29. The number of nitrogens with zero attached hydrogens (tertiary/aromatic N) is 1. The Morgan fingerprint density at radius 3 is 2.33 bits per heavy atom. The second kappa shape index (κ2) is 8.28. The van der Waals surface area contributed by atoms with Crippen LogP contribution in [-0.2, 0) is 24.2 Å². The van der Waals surface area contributed by atoms with Crippen LogP contribution in [0.1, 0.15) is 16.8 Å². The van der Waals surface area contributed by atoms with Crippen molar-refractivity contribution in [3.05, 3.63) is 83.7 Å². The molecule has 7 heteroatoms. The minimum atomic E-state index is -4.92. The minimum Gasteiger partial charge on any atom is -0.318 e. The van der Waals surface area contributed by atoms with Crippen molar-refractivity contribution in [2.45, 2.75) is 31.6 Å². The molecule has 0 bridgehead atoms. The Hall–Kier alpha value is -3.19. The summed E-state index contributed by atoms with van der Waals surface area (Å²) in [7, 11) is 0. The van der Waals surface area contributed by atoms with Gasteiger partial charge in [-0.25, -0.2) is 0 Å². The molecule has 1 heterocycles. The van der Waals surface area contributed by atoms with Gasteiger partial charge < -0.3 is 10.6 Å². The number of fused-ring (bicyclic) bond motifs is 1. The molecule has 4 nitrogen and oxygen atoms in total. The smallest absolute Gasteiger partial charge is 0.318 e. The summed E-state index contributed by atoms with van der Waals surface area (Å²) in [5.41, 5.74) is 5.17. The maximum Gasteiger partial charge on any atom is 0.471 e. The van der Waals surface area contributed by atoms with Crippen molar-refractivity contribution in [2.75, 3.05) is 5.32 Å². The lowest BCUT2D eigenvalue weighted by atomic mass is 10.1. The average Bonchev–Trinajstić information content (AvgIpc) is 3.15. The highest BCUT2D eigenvalue weighted by Gasteiger charge is 2.38. The Morgan fingerprint density at radius 1 is 0.967 bits per heavy atom. The number of rotatable bonds is 5. The molecule has 0 atom stereocenters. The maximum atomic E-state index is 12.4. The molecule has 0 spiro atoms. The van der Waals surface area contributed by atoms with Crippen LogP contribution in [0.5, 0.6) is 0 Å². The summed E-state index contributed by atoms with van der Waals surface area (Å²) in [4.78, 5) is 15.6. The van der Waals surface area contributed by atoms with Gasteiger partial charge >= 0.3 is 12.1 Å². The average molecular weight is 411 g/mol. The summed E-state index contributed by atoms with van der Waals surface area (Å²) in [5.74, 6) is -1.99. The molecule has 1 amide bonds. The van der Waals surface area contributed by atoms with Crippen molar-refractivity contribution in [3.8, 4) is 11.1 Å². The topological polar surface area (TPSA) is 54.0 Å². The molecule has 1 aliphatic carbocycles. The van der Waals surface area contributed by atoms with Crippen LogP contribution >= 0.6 is 0 Å². The third-order valence-corrected chi connectivity index (χ3v) is 5.16. The lowest BCUT2D eigenvalue weighted by Gasteiger charge is -2.12. The fraction of sp³-hybridized carbons (Fsp3) is 0.217. The fourth-order valence-corrected chi connectivity index (χ4v) is 3.63. The number of anilines is 1. The standard InChI is InChI=1S/C23H20F3N3O/c24-23(25,26)22(30)29-19-7-3-6-17(10-19)18-8-9-20(27-13-18)14-28-21-11-15-4-1-2-5-16(15)12-21/h1-10,13,21,28H,11-12,14H2,(H,29,30). The largest absolute Gasteiger partial charge is 0.471 e. The number of hydrogen-bond acceptors (Lipinski definition) is 3. The summed E-state index contributed by atoms with van der Waals surface area (Å²) in [6, 6.07) is 18.9. The molecular formula is C23H20F3N3O. The van der Waals surface area contributed by atoms with Gasteiger partial charge in [-0.1, -0.05) is 42.5 Å². The van der Waals surface area contributed by atoms with Gasteiger partial charge in [-0.3, -0.25) is 9.78 Å². The van der Waals surface area contributed by atoms with E-state index in [-0.39, 0.29) is 5.69 Å². The zero-order valence-corrected chi connectivity index (χ0v) is 16.0. The zero-order valence-electron chi connectivity index (χ0n) is 16.0. The molecule has 0 fully saturated rings. The van der Waals surface area contributed by atoms with Gasteiger partial charge in [0.05, 0.1) is 5.69 Å². The Kier molecular flexibility index (Phi) is 5.55. The van der Waals surface area contributed by atoms with Crippen LogP contribution in [0.4, 0.5) is 18.9 Å². The minimum absolute atomic E-state index is 0.0846. The number of carbonyl (C=O) groups is 1. The third-order valence-electron chi connectivity index (χ3n) is 5.16. The summed E-state index contributed by atoms with van der Waals surface area (Å²) in [6.45, 7) is 0.639. The van der Waals surface area contributed by atoms with E-state index in [1.807, 2.05) is 17.4 Å². The molecule has 0 saturated carbocycles. The van der Waals surface area contributed by atoms with E-state index < -0.39 is 12.1 Å². The van der Waals surface area contributed by atoms with E-state index in [1.54, 1.807) is 18.3 Å². The van der Waals surface area contributed by atoms with E-state index in [4.69, 9.17) is 0 Å². The maximum absolute atomic E-state index is 12.4. The highest BCUT2D eigenvalue weighted by atomic mass is 19.4. The van der Waals surface area contributed by atoms with Crippen molar-refractivity contribution in [3.63, 3.8) is 0 Å². The number of pyridine rings is 1. The zero-order chi connectivity index (χ0) is 21.1. The Balaban J connectivity index is 1.37. The van der Waals surface area contributed by atoms with Gasteiger partial charge in [0.2, 0.25) is 0 Å². The molecule has 30 heavy (non-hydrogen) atoms. The van der Waals surface area contributed by atoms with Gasteiger partial charge in [-0.15, -0.1) is 0 Å². The third kappa shape index (κ3) is 4.68. The predicted octanol–water partition coefficient (Wildman–Crippen LogP) is 4.51. The van der Waals surface area contributed by atoms with Crippen LogP contribution in [0.25, 0.3) is 11.1 Å². The van der Waals surface area contributed by atoms with Crippen molar-refractivity contribution in [1.82, 2.24) is 10.3 Å². The first-order valence-corrected chi connectivity index (χ1v) is 9.62. The summed E-state index contributed by atoms with van der Waals surface area (Å²) in [6.07, 6.45) is -1.23. The van der Waals surface area contributed by atoms with Gasteiger partial charge in [0.15, 0.2) is 0 Å². The van der Waals surface area contributed by atoms with Crippen molar-refractivity contribution in [2.24, 2.45) is 0 Å². The number of benzene rings is 2. The first kappa shape index (κ1) is 20.1. The summed E-state index contributed by atoms with van der Waals surface area (Å²) < 4.78 is 37.3. The highest BCUT2D eigenvalue weighted by molar-refractivity contribution is 5.95. The van der Waals surface area contributed by atoms with Gasteiger partial charge in [0, 0.05) is 30.0 Å². The fourth-order valence-electron chi connectivity index (χ4n) is 3.63. The lowest BCUT2D eigenvalue weighted by molar-refractivity contribution is -0.167. The Bertz CT molecular complexity index is 1020. The van der Waals surface area contributed by atoms with Gasteiger partial charge in [-0.2, -0.15) is 13.2 Å². The van der Waals surface area contributed by atoms with E-state index in [1.165, 1.54) is 23.3 Å². The number of alkyl halides is 3. The highest BCUT2D eigenvalue weighted by Crippen LogP contribution is 2.25. The normalized spacial score (nSPS) is 13.8. The Morgan fingerprint density at radius 2 is 1.70 bits per heavy atom. The van der Waals surface area contributed by atoms with E-state index in [0.717, 1.165) is 24.1 Å². The Labute approximate surface area is 172 Å². The first-order chi connectivity index (χ1) is 14.4. The SMILES string of the molecule is O=C(Nc1cccc(-c2ccc(CNC3Cc4ccccc4C3)nc2)c1)C(F)(F)F. The molecule has 1 aliphatic rings. The number of hydrogen-bond donors (Lipinski definition) is 2. The number of amides is 1. The van der Waals surface area contributed by atoms with Crippen LogP contribution in [-0.4, -0.2) is 23.1 Å². The molecule has 154 valence electrons. The van der Waals surface area contributed by atoms with Crippen LogP contribution in [0.15, 0.2) is 66.9 Å². The van der Waals surface area contributed by atoms with Crippen LogP contribution in [0, 0.1) is 0 Å². The molecule has 0 unspecified atom stereocenters. The van der Waals surface area contributed by atoms with Gasteiger partial charge in [-0.05, 0) is 47.7 Å². The van der Waals surface area contributed by atoms with Crippen molar-refractivity contribution < 1.29 is 18.0 Å². The molecule has 0 aliphatic heterocycles. The van der Waals surface area contributed by atoms with E-state index in [2.05, 4.69) is 34.6 Å². The molecule has 0 radical (unpaired) electrons. The van der Waals surface area contributed by atoms with Crippen molar-refractivity contribution >= 4 is 11.6 Å². The van der Waals surface area contributed by atoms with Gasteiger partial charge in [0.25, 0.3) is 0 Å². The quantitative estimate of drug-likeness (QED) is 0.650.